The van der Waals surface area contributed by atoms with Crippen LogP contribution in [0.4, 0.5) is 0 Å². The van der Waals surface area contributed by atoms with Crippen molar-refractivity contribution < 1.29 is 14.3 Å². The third-order valence-corrected chi connectivity index (χ3v) is 4.55. The molecule has 1 amide bonds. The lowest BCUT2D eigenvalue weighted by Crippen LogP contribution is -2.34. The second-order valence-corrected chi connectivity index (χ2v) is 6.12. The number of ether oxygens (including phenoxy) is 1. The van der Waals surface area contributed by atoms with Gasteiger partial charge in [0.15, 0.2) is 6.29 Å². The molecule has 1 aromatic heterocycles. The molecule has 1 fully saturated rings. The molecular formula is C19H21N3O3. The van der Waals surface area contributed by atoms with Crippen LogP contribution in [-0.2, 0) is 4.79 Å². The molecule has 2 unspecified atom stereocenters. The Labute approximate surface area is 146 Å². The number of nitrogens with one attached hydrogen (secondary N) is 1. The Kier molecular flexibility index (Phi) is 4.97. The number of nitrogens with two attached hydrogens (primary N) is 1. The lowest BCUT2D eigenvalue weighted by atomic mass is 9.98. The van der Waals surface area contributed by atoms with Gasteiger partial charge < -0.3 is 15.8 Å². The number of pyridine rings is 1. The Balaban J connectivity index is 1.93. The number of carbonyl (C=O) groups excluding carboxylic acids is 2. The fourth-order valence-corrected chi connectivity index (χ4v) is 3.27. The highest BCUT2D eigenvalue weighted by molar-refractivity contribution is 5.96. The standard InChI is InChI=1S/C19H21N3O3/c1-2-12-9-18(24)22-16(12)11-25-17-5-3-4-13-8-14(10-23)21-15(6-7-20)19(13)17/h3-8,10,12,16H,2,9,11,20H2,1H3,(H,22,24). The minimum absolute atomic E-state index is 0.00321. The summed E-state index contributed by atoms with van der Waals surface area (Å²) in [6, 6.07) is 7.35. The summed E-state index contributed by atoms with van der Waals surface area (Å²) in [6.07, 6.45) is 5.21. The third kappa shape index (κ3) is 3.47. The number of aldehydes is 1. The van der Waals surface area contributed by atoms with Crippen LogP contribution in [0.1, 0.15) is 35.9 Å². The van der Waals surface area contributed by atoms with E-state index in [2.05, 4.69) is 17.2 Å². The van der Waals surface area contributed by atoms with Gasteiger partial charge in [-0.2, -0.15) is 0 Å². The van der Waals surface area contributed by atoms with E-state index in [-0.39, 0.29) is 17.9 Å². The zero-order valence-corrected chi connectivity index (χ0v) is 14.1. The predicted octanol–water partition coefficient (Wildman–Crippen LogP) is 2.27. The highest BCUT2D eigenvalue weighted by atomic mass is 16.5. The van der Waals surface area contributed by atoms with E-state index in [0.717, 1.165) is 17.2 Å². The maximum Gasteiger partial charge on any atom is 0.220 e. The van der Waals surface area contributed by atoms with Crippen LogP contribution in [0.2, 0.25) is 0 Å². The van der Waals surface area contributed by atoms with Crippen molar-refractivity contribution in [1.29, 1.82) is 0 Å². The summed E-state index contributed by atoms with van der Waals surface area (Å²) in [7, 11) is 0. The van der Waals surface area contributed by atoms with Gasteiger partial charge in [-0.05, 0) is 35.7 Å². The summed E-state index contributed by atoms with van der Waals surface area (Å²) in [5, 5.41) is 4.62. The minimum Gasteiger partial charge on any atom is -0.491 e. The second-order valence-electron chi connectivity index (χ2n) is 6.12. The fraction of sp³-hybridized carbons (Fsp3) is 0.316. The van der Waals surface area contributed by atoms with Gasteiger partial charge >= 0.3 is 0 Å². The van der Waals surface area contributed by atoms with Crippen LogP contribution in [0.3, 0.4) is 0 Å². The molecule has 0 saturated carbocycles. The number of rotatable bonds is 6. The van der Waals surface area contributed by atoms with E-state index in [4.69, 9.17) is 10.5 Å². The van der Waals surface area contributed by atoms with Crippen molar-refractivity contribution in [1.82, 2.24) is 10.3 Å². The highest BCUT2D eigenvalue weighted by Gasteiger charge is 2.31. The van der Waals surface area contributed by atoms with Crippen LogP contribution < -0.4 is 15.8 Å². The van der Waals surface area contributed by atoms with Crippen molar-refractivity contribution in [2.45, 2.75) is 25.8 Å². The first-order valence-corrected chi connectivity index (χ1v) is 8.35. The highest BCUT2D eigenvalue weighted by Crippen LogP contribution is 2.30. The Bertz CT molecular complexity index is 832. The van der Waals surface area contributed by atoms with Crippen molar-refractivity contribution in [3.8, 4) is 5.75 Å². The van der Waals surface area contributed by atoms with Gasteiger partial charge in [-0.3, -0.25) is 9.59 Å². The quantitative estimate of drug-likeness (QED) is 0.787. The van der Waals surface area contributed by atoms with Gasteiger partial charge in [-0.15, -0.1) is 0 Å². The van der Waals surface area contributed by atoms with Gasteiger partial charge in [-0.1, -0.05) is 25.5 Å². The van der Waals surface area contributed by atoms with Crippen LogP contribution >= 0.6 is 0 Å². The van der Waals surface area contributed by atoms with E-state index in [1.54, 1.807) is 12.1 Å². The van der Waals surface area contributed by atoms with Gasteiger partial charge in [0.25, 0.3) is 0 Å². The first kappa shape index (κ1) is 17.0. The van der Waals surface area contributed by atoms with Crippen LogP contribution in [-0.4, -0.2) is 29.8 Å². The van der Waals surface area contributed by atoms with Crippen LogP contribution in [0.15, 0.2) is 30.5 Å². The summed E-state index contributed by atoms with van der Waals surface area (Å²) in [6.45, 7) is 2.47. The SMILES string of the molecule is CCC1CC(=O)NC1COc1cccc2cc(C=O)nc(C=CN)c12. The van der Waals surface area contributed by atoms with Crippen LogP contribution in [0.5, 0.6) is 5.75 Å². The molecule has 1 aliphatic heterocycles. The van der Waals surface area contributed by atoms with Crippen molar-refractivity contribution >= 4 is 29.0 Å². The van der Waals surface area contributed by atoms with Gasteiger partial charge in [0, 0.05) is 11.8 Å². The Morgan fingerprint density at radius 3 is 3.00 bits per heavy atom. The van der Waals surface area contributed by atoms with Crippen molar-refractivity contribution in [3.63, 3.8) is 0 Å². The van der Waals surface area contributed by atoms with Gasteiger partial charge in [0.05, 0.1) is 11.7 Å². The summed E-state index contributed by atoms with van der Waals surface area (Å²) in [4.78, 5) is 27.0. The molecular weight excluding hydrogens is 318 g/mol. The molecule has 130 valence electrons. The monoisotopic (exact) mass is 339 g/mol. The van der Waals surface area contributed by atoms with E-state index >= 15 is 0 Å². The number of hydrogen-bond acceptors (Lipinski definition) is 5. The molecule has 1 aromatic carbocycles. The zero-order valence-electron chi connectivity index (χ0n) is 14.1. The van der Waals surface area contributed by atoms with E-state index in [1.807, 2.05) is 18.2 Å². The number of nitrogens with zero attached hydrogens (tertiary/aromatic N) is 1. The number of benzene rings is 1. The molecule has 6 heteroatoms. The van der Waals surface area contributed by atoms with Crippen molar-refractivity contribution in [3.05, 3.63) is 41.9 Å². The Morgan fingerprint density at radius 1 is 1.44 bits per heavy atom. The third-order valence-electron chi connectivity index (χ3n) is 4.55. The van der Waals surface area contributed by atoms with Gasteiger partial charge in [-0.25, -0.2) is 4.98 Å². The molecule has 25 heavy (non-hydrogen) atoms. The molecule has 6 nitrogen and oxygen atoms in total. The first-order valence-electron chi connectivity index (χ1n) is 8.35. The second kappa shape index (κ2) is 7.34. The smallest absolute Gasteiger partial charge is 0.220 e. The molecule has 2 heterocycles. The number of amides is 1. The number of carbonyl (C=O) groups is 2. The van der Waals surface area contributed by atoms with Crippen LogP contribution in [0.25, 0.3) is 16.8 Å². The Hall–Kier alpha value is -2.89. The first-order chi connectivity index (χ1) is 12.2. The topological polar surface area (TPSA) is 94.3 Å². The fourth-order valence-electron chi connectivity index (χ4n) is 3.27. The number of aromatic nitrogens is 1. The average molecular weight is 339 g/mol. The maximum absolute atomic E-state index is 11.6. The van der Waals surface area contributed by atoms with E-state index in [1.165, 1.54) is 6.20 Å². The summed E-state index contributed by atoms with van der Waals surface area (Å²) < 4.78 is 6.03. The molecule has 2 aromatic rings. The molecule has 3 rings (SSSR count). The largest absolute Gasteiger partial charge is 0.491 e. The van der Waals surface area contributed by atoms with E-state index < -0.39 is 0 Å². The van der Waals surface area contributed by atoms with Gasteiger partial charge in [0.2, 0.25) is 5.91 Å². The average Bonchev–Trinajstić information content (AvgIpc) is 2.99. The molecule has 0 bridgehead atoms. The number of fused-ring (bicyclic) bond motifs is 1. The molecule has 1 aliphatic rings. The van der Waals surface area contributed by atoms with Crippen LogP contribution in [0, 0.1) is 5.92 Å². The number of hydrogen-bond donors (Lipinski definition) is 2. The van der Waals surface area contributed by atoms with E-state index in [0.29, 0.717) is 36.5 Å². The van der Waals surface area contributed by atoms with Crippen molar-refractivity contribution in [2.24, 2.45) is 11.7 Å². The van der Waals surface area contributed by atoms with Gasteiger partial charge in [0.1, 0.15) is 18.1 Å². The lowest BCUT2D eigenvalue weighted by Gasteiger charge is -2.19. The molecule has 3 N–H and O–H groups in total. The maximum atomic E-state index is 11.6. The molecule has 0 spiro atoms. The zero-order chi connectivity index (χ0) is 17.8. The normalized spacial score (nSPS) is 20.1. The summed E-state index contributed by atoms with van der Waals surface area (Å²) in [5.41, 5.74) is 6.44. The molecule has 0 aliphatic carbocycles. The summed E-state index contributed by atoms with van der Waals surface area (Å²) >= 11 is 0. The van der Waals surface area contributed by atoms with E-state index in [9.17, 15) is 9.59 Å². The predicted molar refractivity (Wildman–Crippen MR) is 96.2 cm³/mol. The minimum atomic E-state index is 0.00321. The molecule has 2 atom stereocenters. The van der Waals surface area contributed by atoms with Crippen molar-refractivity contribution in [2.75, 3.05) is 6.61 Å². The lowest BCUT2D eigenvalue weighted by molar-refractivity contribution is -0.119. The molecule has 0 radical (unpaired) electrons. The Morgan fingerprint density at radius 2 is 2.28 bits per heavy atom. The molecule has 1 saturated heterocycles. The summed E-state index contributed by atoms with van der Waals surface area (Å²) in [5.74, 6) is 1.01.